The Morgan fingerprint density at radius 2 is 1.71 bits per heavy atom. The standard InChI is InChI=1S/C26H27BrF3N3O2/c27-17-3-1-15(2-4-17)13-20(24(31)34)33(21-14-32-11-7-16(21)8-12-32)25(35)26(9-10-26)18-5-6-19(28)23(30)22(18)29/h1-6,16,20-21H,7-14H2,(H2,31,34)/t20-,21+/m0/s1. The number of piperidine rings is 3. The Morgan fingerprint density at radius 1 is 1.06 bits per heavy atom. The molecule has 9 heteroatoms. The zero-order chi connectivity index (χ0) is 24.9. The summed E-state index contributed by atoms with van der Waals surface area (Å²) in [6.45, 7) is 2.47. The van der Waals surface area contributed by atoms with Crippen molar-refractivity contribution in [2.45, 2.75) is 49.6 Å². The molecule has 0 aromatic heterocycles. The topological polar surface area (TPSA) is 66.6 Å². The molecule has 1 saturated carbocycles. The number of benzene rings is 2. The molecule has 2 N–H and O–H groups in total. The van der Waals surface area contributed by atoms with E-state index in [4.69, 9.17) is 5.73 Å². The van der Waals surface area contributed by atoms with E-state index in [1.165, 1.54) is 0 Å². The van der Waals surface area contributed by atoms with E-state index in [1.54, 1.807) is 4.90 Å². The number of hydrogen-bond acceptors (Lipinski definition) is 3. The average molecular weight is 550 g/mol. The van der Waals surface area contributed by atoms with Gasteiger partial charge in [0.05, 0.1) is 5.41 Å². The molecule has 3 heterocycles. The van der Waals surface area contributed by atoms with E-state index in [0.29, 0.717) is 19.4 Å². The highest BCUT2D eigenvalue weighted by Gasteiger charge is 2.58. The highest BCUT2D eigenvalue weighted by molar-refractivity contribution is 9.10. The number of amides is 2. The molecule has 2 aromatic carbocycles. The third-order valence-electron chi connectivity index (χ3n) is 7.93. The second-order valence-corrected chi connectivity index (χ2v) is 10.9. The van der Waals surface area contributed by atoms with Gasteiger partial charge in [-0.1, -0.05) is 34.1 Å². The first kappa shape index (κ1) is 24.3. The van der Waals surface area contributed by atoms with E-state index in [9.17, 15) is 22.8 Å². The van der Waals surface area contributed by atoms with Gasteiger partial charge in [-0.15, -0.1) is 0 Å². The first-order valence-electron chi connectivity index (χ1n) is 11.9. The van der Waals surface area contributed by atoms with Gasteiger partial charge in [-0.25, -0.2) is 13.2 Å². The maximum atomic E-state index is 14.9. The molecule has 2 amide bonds. The molecular formula is C26H27BrF3N3O2. The minimum absolute atomic E-state index is 0.153. The average Bonchev–Trinajstić information content (AvgIpc) is 3.66. The number of fused-ring (bicyclic) bond motifs is 3. The zero-order valence-electron chi connectivity index (χ0n) is 19.2. The largest absolute Gasteiger partial charge is 0.368 e. The summed E-state index contributed by atoms with van der Waals surface area (Å²) in [6, 6.07) is 8.24. The van der Waals surface area contributed by atoms with Crippen LogP contribution < -0.4 is 5.73 Å². The first-order valence-corrected chi connectivity index (χ1v) is 12.7. The van der Waals surface area contributed by atoms with Crippen LogP contribution in [0.2, 0.25) is 0 Å². The number of carbonyl (C=O) groups is 2. The van der Waals surface area contributed by atoms with Gasteiger partial charge in [0, 0.05) is 29.0 Å². The summed E-state index contributed by atoms with van der Waals surface area (Å²) in [5, 5.41) is 0. The number of primary amides is 1. The molecule has 1 aliphatic carbocycles. The summed E-state index contributed by atoms with van der Waals surface area (Å²) in [5.41, 5.74) is 5.25. The van der Waals surface area contributed by atoms with Gasteiger partial charge in [-0.05, 0) is 68.5 Å². The van der Waals surface area contributed by atoms with Crippen LogP contribution in [0.25, 0.3) is 0 Å². The van der Waals surface area contributed by atoms with Crippen LogP contribution in [0.5, 0.6) is 0 Å². The van der Waals surface area contributed by atoms with Crippen LogP contribution in [-0.4, -0.2) is 53.3 Å². The van der Waals surface area contributed by atoms with Crippen molar-refractivity contribution in [3.63, 3.8) is 0 Å². The Kier molecular flexibility index (Phi) is 6.42. The van der Waals surface area contributed by atoms with Gasteiger partial charge in [-0.2, -0.15) is 0 Å². The minimum Gasteiger partial charge on any atom is -0.368 e. The van der Waals surface area contributed by atoms with Gasteiger partial charge in [0.1, 0.15) is 6.04 Å². The molecule has 2 atom stereocenters. The van der Waals surface area contributed by atoms with Crippen LogP contribution in [0.3, 0.4) is 0 Å². The summed E-state index contributed by atoms with van der Waals surface area (Å²) in [6.07, 6.45) is 2.60. The molecular weight excluding hydrogens is 523 g/mol. The van der Waals surface area contributed by atoms with E-state index in [0.717, 1.165) is 48.1 Å². The van der Waals surface area contributed by atoms with Gasteiger partial charge < -0.3 is 15.5 Å². The molecule has 0 spiro atoms. The predicted octanol–water partition coefficient (Wildman–Crippen LogP) is 3.92. The fraction of sp³-hybridized carbons (Fsp3) is 0.462. The molecule has 2 bridgehead atoms. The van der Waals surface area contributed by atoms with Crippen LogP contribution in [-0.2, 0) is 21.4 Å². The summed E-state index contributed by atoms with van der Waals surface area (Å²) >= 11 is 3.40. The Labute approximate surface area is 210 Å². The van der Waals surface area contributed by atoms with Gasteiger partial charge in [-0.3, -0.25) is 9.59 Å². The summed E-state index contributed by atoms with van der Waals surface area (Å²) in [4.78, 5) is 30.9. The van der Waals surface area contributed by atoms with Crippen molar-refractivity contribution in [1.29, 1.82) is 0 Å². The van der Waals surface area contributed by atoms with Crippen LogP contribution >= 0.6 is 15.9 Å². The first-order chi connectivity index (χ1) is 16.7. The fourth-order valence-corrected chi connectivity index (χ4v) is 6.08. The van der Waals surface area contributed by atoms with Gasteiger partial charge in [0.15, 0.2) is 17.5 Å². The van der Waals surface area contributed by atoms with Crippen molar-refractivity contribution in [3.8, 4) is 0 Å². The molecule has 5 nitrogen and oxygen atoms in total. The van der Waals surface area contributed by atoms with Crippen LogP contribution in [0, 0.1) is 23.4 Å². The fourth-order valence-electron chi connectivity index (χ4n) is 5.82. The molecule has 0 unspecified atom stereocenters. The van der Waals surface area contributed by atoms with Crippen LogP contribution in [0.4, 0.5) is 13.2 Å². The summed E-state index contributed by atoms with van der Waals surface area (Å²) in [7, 11) is 0. The second-order valence-electron chi connectivity index (χ2n) is 9.97. The molecule has 3 aliphatic heterocycles. The molecule has 4 fully saturated rings. The maximum Gasteiger partial charge on any atom is 0.240 e. The monoisotopic (exact) mass is 549 g/mol. The molecule has 0 radical (unpaired) electrons. The molecule has 3 saturated heterocycles. The smallest absolute Gasteiger partial charge is 0.240 e. The Balaban J connectivity index is 1.55. The molecule has 6 rings (SSSR count). The minimum atomic E-state index is -1.59. The third-order valence-corrected chi connectivity index (χ3v) is 8.46. The predicted molar refractivity (Wildman–Crippen MR) is 128 cm³/mol. The van der Waals surface area contributed by atoms with E-state index in [1.807, 2.05) is 24.3 Å². The lowest BCUT2D eigenvalue weighted by Crippen LogP contribution is -2.65. The Hall–Kier alpha value is -2.39. The number of nitrogens with two attached hydrogens (primary N) is 1. The quantitative estimate of drug-likeness (QED) is 0.532. The summed E-state index contributed by atoms with van der Waals surface area (Å²) in [5.74, 6) is -5.10. The number of hydrogen-bond donors (Lipinski definition) is 1. The third kappa shape index (κ3) is 4.37. The van der Waals surface area contributed by atoms with Crippen LogP contribution in [0.15, 0.2) is 40.9 Å². The van der Waals surface area contributed by atoms with E-state index < -0.39 is 40.7 Å². The second kappa shape index (κ2) is 9.24. The maximum absolute atomic E-state index is 14.9. The normalized spacial score (nSPS) is 25.2. The number of carbonyl (C=O) groups excluding carboxylic acids is 2. The Morgan fingerprint density at radius 3 is 2.26 bits per heavy atom. The number of halogens is 4. The molecule has 4 aliphatic rings. The SMILES string of the molecule is NC(=O)[C@H](Cc1ccc(Br)cc1)N(C(=O)C1(c2ccc(F)c(F)c2F)CC1)[C@@H]1CN2CCC1CC2. The van der Waals surface area contributed by atoms with E-state index in [2.05, 4.69) is 20.8 Å². The van der Waals surface area contributed by atoms with Crippen molar-refractivity contribution < 1.29 is 22.8 Å². The van der Waals surface area contributed by atoms with Gasteiger partial charge in [0.25, 0.3) is 0 Å². The Bertz CT molecular complexity index is 1150. The van der Waals surface area contributed by atoms with Crippen molar-refractivity contribution in [1.82, 2.24) is 9.80 Å². The van der Waals surface area contributed by atoms with E-state index in [-0.39, 0.29) is 23.9 Å². The molecule has 2 aromatic rings. The van der Waals surface area contributed by atoms with E-state index >= 15 is 0 Å². The van der Waals surface area contributed by atoms with Gasteiger partial charge >= 0.3 is 0 Å². The lowest BCUT2D eigenvalue weighted by atomic mass is 9.80. The highest BCUT2D eigenvalue weighted by atomic mass is 79.9. The van der Waals surface area contributed by atoms with Crippen molar-refractivity contribution in [2.24, 2.45) is 11.7 Å². The number of rotatable bonds is 7. The van der Waals surface area contributed by atoms with Crippen molar-refractivity contribution in [2.75, 3.05) is 19.6 Å². The molecule has 35 heavy (non-hydrogen) atoms. The van der Waals surface area contributed by atoms with Crippen molar-refractivity contribution >= 4 is 27.7 Å². The highest BCUT2D eigenvalue weighted by Crippen LogP contribution is 2.52. The number of nitrogens with zero attached hydrogens (tertiary/aromatic N) is 2. The van der Waals surface area contributed by atoms with Gasteiger partial charge in [0.2, 0.25) is 11.8 Å². The summed E-state index contributed by atoms with van der Waals surface area (Å²) < 4.78 is 43.5. The van der Waals surface area contributed by atoms with Crippen LogP contribution in [0.1, 0.15) is 36.8 Å². The lowest BCUT2D eigenvalue weighted by molar-refractivity contribution is -0.149. The van der Waals surface area contributed by atoms with Crippen molar-refractivity contribution in [3.05, 3.63) is 69.4 Å². The molecule has 186 valence electrons. The zero-order valence-corrected chi connectivity index (χ0v) is 20.7. The lowest BCUT2D eigenvalue weighted by Gasteiger charge is -2.51.